The predicted octanol–water partition coefficient (Wildman–Crippen LogP) is 5.88. The first-order valence-corrected chi connectivity index (χ1v) is 12.3. The molecule has 2 amide bonds. The molecular weight excluding hydrogens is 440 g/mol. The van der Waals surface area contributed by atoms with Gasteiger partial charge in [-0.25, -0.2) is 9.59 Å². The van der Waals surface area contributed by atoms with E-state index in [1.165, 1.54) is 0 Å². The van der Waals surface area contributed by atoms with E-state index in [4.69, 9.17) is 9.47 Å². The van der Waals surface area contributed by atoms with Crippen LogP contribution in [0.3, 0.4) is 0 Å². The molecule has 0 radical (unpaired) electrons. The summed E-state index contributed by atoms with van der Waals surface area (Å²) in [6.07, 6.45) is 4.77. The van der Waals surface area contributed by atoms with Crippen molar-refractivity contribution in [1.29, 1.82) is 0 Å². The van der Waals surface area contributed by atoms with Crippen molar-refractivity contribution in [1.82, 2.24) is 9.80 Å². The molecule has 0 N–H and O–H groups in total. The van der Waals surface area contributed by atoms with Crippen molar-refractivity contribution < 1.29 is 19.1 Å². The number of benzene rings is 2. The zero-order valence-corrected chi connectivity index (χ0v) is 21.1. The monoisotopic (exact) mass is 476 g/mol. The normalized spacial score (nSPS) is 22.6. The third kappa shape index (κ3) is 6.24. The Hall–Kier alpha value is -3.28. The van der Waals surface area contributed by atoms with Crippen LogP contribution in [-0.2, 0) is 22.6 Å². The fraction of sp³-hybridized carbons (Fsp3) is 0.448. The lowest BCUT2D eigenvalue weighted by molar-refractivity contribution is 0.0118. The van der Waals surface area contributed by atoms with E-state index in [1.54, 1.807) is 9.80 Å². The Morgan fingerprint density at radius 1 is 0.886 bits per heavy atom. The molecule has 0 aromatic heterocycles. The molecule has 4 rings (SSSR count). The van der Waals surface area contributed by atoms with Gasteiger partial charge in [-0.1, -0.05) is 72.8 Å². The van der Waals surface area contributed by atoms with Gasteiger partial charge in [-0.3, -0.25) is 0 Å². The summed E-state index contributed by atoms with van der Waals surface area (Å²) >= 11 is 0. The second kappa shape index (κ2) is 10.5. The Labute approximate surface area is 208 Å². The third-order valence-electron chi connectivity index (χ3n) is 6.82. The summed E-state index contributed by atoms with van der Waals surface area (Å²) < 4.78 is 11.4. The highest BCUT2D eigenvalue weighted by molar-refractivity contribution is 5.69. The minimum absolute atomic E-state index is 0.0277. The van der Waals surface area contributed by atoms with Gasteiger partial charge in [0, 0.05) is 32.1 Å². The van der Waals surface area contributed by atoms with Crippen LogP contribution < -0.4 is 0 Å². The summed E-state index contributed by atoms with van der Waals surface area (Å²) in [4.78, 5) is 29.7. The van der Waals surface area contributed by atoms with Crippen molar-refractivity contribution in [2.24, 2.45) is 17.8 Å². The zero-order valence-electron chi connectivity index (χ0n) is 21.1. The Balaban J connectivity index is 1.51. The lowest BCUT2D eigenvalue weighted by Crippen LogP contribution is -2.50. The number of hydrogen-bond donors (Lipinski definition) is 0. The van der Waals surface area contributed by atoms with Crippen LogP contribution in [0.25, 0.3) is 0 Å². The predicted molar refractivity (Wildman–Crippen MR) is 135 cm³/mol. The van der Waals surface area contributed by atoms with Gasteiger partial charge >= 0.3 is 12.2 Å². The van der Waals surface area contributed by atoms with E-state index in [0.717, 1.165) is 17.5 Å². The molecular formula is C29H36N2O4. The standard InChI is InChI=1S/C29H36N2O4/c1-29(2,3)35-27(32)30(4)26-24-16-15-23(17-24)25(26)19-31(18-21-11-7-5-8-12-21)28(33)34-20-22-13-9-6-10-14-22/h5-16,23-26H,17-20H2,1-4H3/t23?,24?,25-,26+/m0/s1. The van der Waals surface area contributed by atoms with Crippen LogP contribution >= 0.6 is 0 Å². The Morgan fingerprint density at radius 3 is 2.11 bits per heavy atom. The average molecular weight is 477 g/mol. The molecule has 2 aliphatic carbocycles. The van der Waals surface area contributed by atoms with Crippen LogP contribution in [0.5, 0.6) is 0 Å². The topological polar surface area (TPSA) is 59.1 Å². The van der Waals surface area contributed by atoms with Crippen molar-refractivity contribution in [2.75, 3.05) is 13.6 Å². The van der Waals surface area contributed by atoms with Crippen molar-refractivity contribution in [3.63, 3.8) is 0 Å². The van der Waals surface area contributed by atoms with Gasteiger partial charge in [0.05, 0.1) is 0 Å². The fourth-order valence-electron chi connectivity index (χ4n) is 5.24. The van der Waals surface area contributed by atoms with Gasteiger partial charge in [0.15, 0.2) is 0 Å². The average Bonchev–Trinajstić information content (AvgIpc) is 3.44. The molecule has 6 nitrogen and oxygen atoms in total. The number of rotatable bonds is 7. The molecule has 0 saturated heterocycles. The molecule has 6 heteroatoms. The van der Waals surface area contributed by atoms with Gasteiger partial charge in [0.2, 0.25) is 0 Å². The highest BCUT2D eigenvalue weighted by Crippen LogP contribution is 2.46. The molecule has 2 unspecified atom stereocenters. The molecule has 4 atom stereocenters. The summed E-state index contributed by atoms with van der Waals surface area (Å²) in [6.45, 7) is 6.81. The van der Waals surface area contributed by atoms with E-state index >= 15 is 0 Å². The van der Waals surface area contributed by atoms with E-state index in [-0.39, 0.29) is 36.7 Å². The lowest BCUT2D eigenvalue weighted by Gasteiger charge is -2.38. The van der Waals surface area contributed by atoms with Gasteiger partial charge in [0.25, 0.3) is 0 Å². The van der Waals surface area contributed by atoms with Gasteiger partial charge in [0.1, 0.15) is 12.2 Å². The van der Waals surface area contributed by atoms with Gasteiger partial charge in [-0.05, 0) is 50.2 Å². The highest BCUT2D eigenvalue weighted by atomic mass is 16.6. The molecule has 2 aromatic rings. The number of fused-ring (bicyclic) bond motifs is 2. The molecule has 1 fully saturated rings. The first-order chi connectivity index (χ1) is 16.7. The first kappa shape index (κ1) is 24.8. The maximum absolute atomic E-state index is 13.3. The Morgan fingerprint density at radius 2 is 1.49 bits per heavy atom. The summed E-state index contributed by atoms with van der Waals surface area (Å²) in [6, 6.07) is 19.6. The second-order valence-corrected chi connectivity index (χ2v) is 10.6. The first-order valence-electron chi connectivity index (χ1n) is 12.3. The van der Waals surface area contributed by atoms with Crippen LogP contribution in [0.1, 0.15) is 38.3 Å². The number of carbonyl (C=O) groups is 2. The van der Waals surface area contributed by atoms with E-state index in [0.29, 0.717) is 19.0 Å². The molecule has 2 aliphatic rings. The molecule has 1 saturated carbocycles. The van der Waals surface area contributed by atoms with Crippen molar-refractivity contribution in [2.45, 2.75) is 52.0 Å². The van der Waals surface area contributed by atoms with Gasteiger partial charge in [-0.15, -0.1) is 0 Å². The maximum atomic E-state index is 13.3. The number of nitrogens with zero attached hydrogens (tertiary/aromatic N) is 2. The smallest absolute Gasteiger partial charge is 0.410 e. The van der Waals surface area contributed by atoms with Crippen molar-refractivity contribution >= 4 is 12.2 Å². The lowest BCUT2D eigenvalue weighted by atomic mass is 9.87. The largest absolute Gasteiger partial charge is 0.445 e. The third-order valence-corrected chi connectivity index (χ3v) is 6.82. The summed E-state index contributed by atoms with van der Waals surface area (Å²) in [5.41, 5.74) is 1.43. The summed E-state index contributed by atoms with van der Waals surface area (Å²) in [5, 5.41) is 0. The van der Waals surface area contributed by atoms with Crippen LogP contribution in [0.15, 0.2) is 72.8 Å². The Bertz CT molecular complexity index is 1030. The zero-order chi connectivity index (χ0) is 25.0. The SMILES string of the molecule is CN(C(=O)OC(C)(C)C)[C@@H]1C2C=CC(C2)[C@@H]1CN(Cc1ccccc1)C(=O)OCc1ccccc1. The fourth-order valence-corrected chi connectivity index (χ4v) is 5.24. The minimum Gasteiger partial charge on any atom is -0.445 e. The van der Waals surface area contributed by atoms with E-state index in [2.05, 4.69) is 12.2 Å². The quantitative estimate of drug-likeness (QED) is 0.468. The minimum atomic E-state index is -0.561. The summed E-state index contributed by atoms with van der Waals surface area (Å²) in [7, 11) is 1.82. The molecule has 35 heavy (non-hydrogen) atoms. The van der Waals surface area contributed by atoms with Crippen molar-refractivity contribution in [3.05, 3.63) is 83.9 Å². The number of ether oxygens (including phenoxy) is 2. The molecule has 2 aromatic carbocycles. The molecule has 0 spiro atoms. The van der Waals surface area contributed by atoms with Gasteiger partial charge < -0.3 is 19.3 Å². The highest BCUT2D eigenvalue weighted by Gasteiger charge is 2.49. The van der Waals surface area contributed by atoms with Gasteiger partial charge in [-0.2, -0.15) is 0 Å². The second-order valence-electron chi connectivity index (χ2n) is 10.6. The van der Waals surface area contributed by atoms with Crippen molar-refractivity contribution in [3.8, 4) is 0 Å². The van der Waals surface area contributed by atoms with E-state index < -0.39 is 5.60 Å². The molecule has 0 aliphatic heterocycles. The van der Waals surface area contributed by atoms with E-state index in [9.17, 15) is 9.59 Å². The van der Waals surface area contributed by atoms with Crippen LogP contribution in [-0.4, -0.2) is 47.2 Å². The molecule has 186 valence electrons. The molecule has 2 bridgehead atoms. The Kier molecular flexibility index (Phi) is 7.48. The van der Waals surface area contributed by atoms with Crippen LogP contribution in [0, 0.1) is 17.8 Å². The number of allylic oxidation sites excluding steroid dienone is 1. The summed E-state index contributed by atoms with van der Waals surface area (Å²) in [5.74, 6) is 0.687. The van der Waals surface area contributed by atoms with Crippen LogP contribution in [0.2, 0.25) is 0 Å². The maximum Gasteiger partial charge on any atom is 0.410 e. The van der Waals surface area contributed by atoms with Crippen LogP contribution in [0.4, 0.5) is 9.59 Å². The number of amides is 2. The number of carbonyl (C=O) groups excluding carboxylic acids is 2. The molecule has 0 heterocycles. The van der Waals surface area contributed by atoms with E-state index in [1.807, 2.05) is 88.5 Å². The number of hydrogen-bond acceptors (Lipinski definition) is 4.